The smallest absolute Gasteiger partial charge is 0.421 e. The molecular weight excluding hydrogens is 836 g/mol. The minimum atomic E-state index is -8.76. The highest BCUT2D eigenvalue weighted by Crippen LogP contribution is 2.62. The van der Waals surface area contributed by atoms with E-state index in [0.29, 0.717) is 0 Å². The summed E-state index contributed by atoms with van der Waals surface area (Å²) in [7, 11) is -13.4. The first-order chi connectivity index (χ1) is 20.7. The van der Waals surface area contributed by atoms with Crippen LogP contribution in [0.2, 0.25) is 0 Å². The molecule has 292 valence electrons. The lowest BCUT2D eigenvalue weighted by atomic mass is 9.93. The van der Waals surface area contributed by atoms with Gasteiger partial charge in [0.1, 0.15) is 0 Å². The van der Waals surface area contributed by atoms with Crippen molar-refractivity contribution in [2.45, 2.75) is 59.0 Å². The fourth-order valence-electron chi connectivity index (χ4n) is 2.23. The van der Waals surface area contributed by atoms with Gasteiger partial charge in [-0.3, -0.25) is 0 Å². The number of halogens is 26. The number of hydrogen-bond donors (Lipinski definition) is 1. The summed E-state index contributed by atoms with van der Waals surface area (Å²) in [5, 5.41) is 7.85. The maximum Gasteiger partial charge on any atom is 0.494 e. The zero-order chi connectivity index (χ0) is 40.6. The van der Waals surface area contributed by atoms with Gasteiger partial charge in [0.25, 0.3) is 0 Å². The van der Waals surface area contributed by atoms with Crippen molar-refractivity contribution < 1.29 is 141 Å². The predicted molar refractivity (Wildman–Crippen MR) is 91.5 cm³/mol. The second-order valence-electron chi connectivity index (χ2n) is 7.89. The number of aliphatic hydroxyl groups is 1. The minimum Gasteiger partial charge on any atom is -0.421 e. The number of sulfonamides is 2. The molecule has 0 atom stereocenters. The van der Waals surface area contributed by atoms with Crippen LogP contribution in [0.4, 0.5) is 114 Å². The van der Waals surface area contributed by atoms with Gasteiger partial charge in [0, 0.05) is 9.27 Å². The second-order valence-corrected chi connectivity index (χ2v) is 11.3. The van der Waals surface area contributed by atoms with Gasteiger partial charge in [0.05, 0.1) is 0 Å². The first kappa shape index (κ1) is 46.2. The van der Waals surface area contributed by atoms with Crippen LogP contribution in [0.1, 0.15) is 5.82 Å². The van der Waals surface area contributed by atoms with E-state index >= 15 is 0 Å². The SMILES string of the molecule is O=S(=O)([N-]S(=O)(=O)C(F)(F)F)C(F)(F)F.OC(F)(F)C(F)(F)[n+]1c(F)c(F)n(F)c1C(F)(F)C(F)(F)C(F)(F)C(F)(F)C(F)(F)C(F)(F)F. The van der Waals surface area contributed by atoms with Crippen molar-refractivity contribution in [1.82, 2.24) is 4.79 Å². The maximum absolute atomic E-state index is 13.9. The van der Waals surface area contributed by atoms with Crippen LogP contribution in [0, 0.1) is 11.9 Å². The van der Waals surface area contributed by atoms with E-state index in [1.165, 1.54) is 0 Å². The van der Waals surface area contributed by atoms with E-state index in [4.69, 9.17) is 5.11 Å². The number of aromatic nitrogens is 2. The molecule has 36 heteroatoms. The molecule has 8 nitrogen and oxygen atoms in total. The van der Waals surface area contributed by atoms with Gasteiger partial charge in [-0.25, -0.2) is 16.8 Å². The summed E-state index contributed by atoms with van der Waals surface area (Å²) in [5.74, 6) is -55.4. The van der Waals surface area contributed by atoms with Gasteiger partial charge in [0.15, 0.2) is 20.0 Å². The van der Waals surface area contributed by atoms with Crippen molar-refractivity contribution in [1.29, 1.82) is 0 Å². The molecule has 0 unspecified atom stereocenters. The van der Waals surface area contributed by atoms with Crippen molar-refractivity contribution in [3.8, 4) is 0 Å². The van der Waals surface area contributed by atoms with Crippen LogP contribution in [0.15, 0.2) is 0 Å². The van der Waals surface area contributed by atoms with Crippen molar-refractivity contribution in [3.05, 3.63) is 21.8 Å². The summed E-state index contributed by atoms with van der Waals surface area (Å²) in [6, 6.07) is -7.24. The standard InChI is InChI=1S/C11HF20N2O.C2F6NO4S2/c12-1-2(13)33(31)3(32(1)10(27,28)11(29,30)34)4(14,15)5(16,17)6(18,19)7(20,21)8(22,23)9(24,25)26;3-1(4,5)14(10,11)9-15(12,13)2(6,7)8/h34H;/q+1;-1. The van der Waals surface area contributed by atoms with Gasteiger partial charge < -0.3 is 9.23 Å². The lowest BCUT2D eigenvalue weighted by Gasteiger charge is -2.38. The Morgan fingerprint density at radius 3 is 1.12 bits per heavy atom. The second kappa shape index (κ2) is 12.2. The van der Waals surface area contributed by atoms with Crippen molar-refractivity contribution in [2.75, 3.05) is 0 Å². The highest BCUT2D eigenvalue weighted by molar-refractivity contribution is 8.13. The van der Waals surface area contributed by atoms with Crippen molar-refractivity contribution in [3.63, 3.8) is 0 Å². The van der Waals surface area contributed by atoms with Crippen molar-refractivity contribution >= 4 is 20.0 Å². The van der Waals surface area contributed by atoms with Crippen LogP contribution < -0.4 is 4.57 Å². The summed E-state index contributed by atoms with van der Waals surface area (Å²) in [5.41, 5.74) is -12.4. The van der Waals surface area contributed by atoms with Gasteiger partial charge in [-0.1, -0.05) is 0 Å². The molecule has 0 aromatic carbocycles. The number of imidazole rings is 1. The molecule has 0 aliphatic heterocycles. The molecule has 0 fully saturated rings. The van der Waals surface area contributed by atoms with Gasteiger partial charge in [0.2, 0.25) is 0 Å². The van der Waals surface area contributed by atoms with Gasteiger partial charge in [-0.15, -0.1) is 8.96 Å². The van der Waals surface area contributed by atoms with Crippen LogP contribution >= 0.6 is 0 Å². The maximum atomic E-state index is 13.9. The fourth-order valence-corrected chi connectivity index (χ4v) is 3.93. The first-order valence-electron chi connectivity index (χ1n) is 9.68. The quantitative estimate of drug-likeness (QED) is 0.236. The van der Waals surface area contributed by atoms with E-state index in [9.17, 15) is 131 Å². The lowest BCUT2D eigenvalue weighted by Crippen LogP contribution is -2.72. The average Bonchev–Trinajstić information content (AvgIpc) is 3.05. The minimum absolute atomic E-state index is 0.778. The highest BCUT2D eigenvalue weighted by Gasteiger charge is 2.93. The van der Waals surface area contributed by atoms with Gasteiger partial charge in [-0.05, 0) is 0 Å². The molecule has 0 spiro atoms. The number of nitrogens with zero attached hydrogens (tertiary/aromatic N) is 3. The topological polar surface area (TPSA) is 111 Å². The average molecular weight is 837 g/mol. The molecule has 0 amide bonds. The van der Waals surface area contributed by atoms with Crippen LogP contribution in [0.5, 0.6) is 0 Å². The van der Waals surface area contributed by atoms with Gasteiger partial charge >= 0.3 is 76.7 Å². The van der Waals surface area contributed by atoms with Crippen LogP contribution in [-0.4, -0.2) is 73.7 Å². The van der Waals surface area contributed by atoms with E-state index in [0.717, 1.165) is 4.13 Å². The Hall–Kier alpha value is -2.79. The summed E-state index contributed by atoms with van der Waals surface area (Å²) >= 11 is 0. The predicted octanol–water partition coefficient (Wildman–Crippen LogP) is 6.18. The van der Waals surface area contributed by atoms with Crippen LogP contribution in [0.25, 0.3) is 4.13 Å². The molecule has 1 aromatic heterocycles. The highest BCUT2D eigenvalue weighted by atomic mass is 32.3. The zero-order valence-electron chi connectivity index (χ0n) is 20.6. The Morgan fingerprint density at radius 2 is 0.857 bits per heavy atom. The molecule has 1 rings (SSSR count). The molecule has 0 saturated heterocycles. The molecule has 0 bridgehead atoms. The molecule has 0 aliphatic rings. The van der Waals surface area contributed by atoms with E-state index in [2.05, 4.69) is 0 Å². The van der Waals surface area contributed by atoms with E-state index in [-0.39, 0.29) is 0 Å². The summed E-state index contributed by atoms with van der Waals surface area (Å²) in [4.78, 5) is -3.20. The zero-order valence-corrected chi connectivity index (χ0v) is 22.2. The summed E-state index contributed by atoms with van der Waals surface area (Å²) < 4.78 is 367. The third-order valence-electron chi connectivity index (χ3n) is 4.57. The van der Waals surface area contributed by atoms with E-state index in [1.54, 1.807) is 0 Å². The molecule has 0 saturated carbocycles. The molecule has 0 aliphatic carbocycles. The number of alkyl halides is 23. The molecule has 49 heavy (non-hydrogen) atoms. The van der Waals surface area contributed by atoms with Gasteiger partial charge in [-0.2, -0.15) is 105 Å². The monoisotopic (exact) mass is 837 g/mol. The molecule has 1 heterocycles. The Bertz CT molecular complexity index is 1550. The summed E-state index contributed by atoms with van der Waals surface area (Å²) in [6.45, 7) is 0. The van der Waals surface area contributed by atoms with E-state index < -0.39 is 106 Å². The van der Waals surface area contributed by atoms with Crippen LogP contribution in [0.3, 0.4) is 0 Å². The Morgan fingerprint density at radius 1 is 0.551 bits per heavy atom. The lowest BCUT2D eigenvalue weighted by molar-refractivity contribution is -0.881. The third kappa shape index (κ3) is 7.34. The van der Waals surface area contributed by atoms with Crippen LogP contribution in [-0.2, 0) is 32.0 Å². The fraction of sp³-hybridized carbons (Fsp3) is 0.769. The third-order valence-corrected chi connectivity index (χ3v) is 7.31. The first-order valence-corrected chi connectivity index (χ1v) is 12.6. The Balaban J connectivity index is 0.00000129. The normalized spacial score (nSPS) is 15.7. The largest absolute Gasteiger partial charge is 0.494 e. The van der Waals surface area contributed by atoms with E-state index in [1.807, 2.05) is 0 Å². The summed E-state index contributed by atoms with van der Waals surface area (Å²) in [6.07, 6.45) is -14.9. The molecule has 0 radical (unpaired) electrons. The molecular formula is C13HF26N3O5S2. The molecule has 1 N–H and O–H groups in total. The Labute approximate surface area is 247 Å². The van der Waals surface area contributed by atoms with Crippen molar-refractivity contribution in [2.24, 2.45) is 0 Å². The Kier molecular flexibility index (Phi) is 11.5. The number of hydrogen-bond acceptors (Lipinski definition) is 5. The number of rotatable bonds is 9. The molecule has 1 aromatic rings.